The van der Waals surface area contributed by atoms with Crippen molar-refractivity contribution in [3.05, 3.63) is 56.7 Å². The molecular weight excluding hydrogens is 520 g/mol. The average molecular weight is 553 g/mol. The fraction of sp³-hybridized carbons (Fsp3) is 0.357. The normalized spacial score (nSPS) is 14.7. The lowest BCUT2D eigenvalue weighted by molar-refractivity contribution is -0.119. The molecule has 0 saturated carbocycles. The van der Waals surface area contributed by atoms with Gasteiger partial charge >= 0.3 is 0 Å². The Kier molecular flexibility index (Phi) is 8.39. The number of hydrogen-bond donors (Lipinski definition) is 3. The molecule has 3 aromatic rings. The van der Waals surface area contributed by atoms with E-state index in [1.54, 1.807) is 39.5 Å². The Bertz CT molecular complexity index is 1470. The van der Waals surface area contributed by atoms with Crippen LogP contribution in [0.15, 0.2) is 35.3 Å². The molecular formula is C28H32N4O6S. The molecule has 2 unspecified atom stereocenters. The van der Waals surface area contributed by atoms with Gasteiger partial charge in [-0.2, -0.15) is 0 Å². The van der Waals surface area contributed by atoms with Crippen LogP contribution in [0.4, 0.5) is 10.8 Å². The smallest absolute Gasteiger partial charge is 0.248 e. The minimum atomic E-state index is -0.721. The molecule has 1 aliphatic carbocycles. The van der Waals surface area contributed by atoms with Crippen molar-refractivity contribution in [2.24, 2.45) is 0 Å². The van der Waals surface area contributed by atoms with E-state index in [1.165, 1.54) is 31.4 Å². The van der Waals surface area contributed by atoms with E-state index in [2.05, 4.69) is 20.9 Å². The number of hydrogen-bond acceptors (Lipinski definition) is 9. The first kappa shape index (κ1) is 27.9. The molecule has 2 aromatic carbocycles. The summed E-state index contributed by atoms with van der Waals surface area (Å²) in [6, 6.07) is 5.72. The monoisotopic (exact) mass is 552 g/mol. The van der Waals surface area contributed by atoms with E-state index >= 15 is 0 Å². The van der Waals surface area contributed by atoms with Crippen LogP contribution in [0.2, 0.25) is 0 Å². The maximum Gasteiger partial charge on any atom is 0.248 e. The van der Waals surface area contributed by atoms with E-state index in [0.717, 1.165) is 16.0 Å². The van der Waals surface area contributed by atoms with Gasteiger partial charge in [-0.1, -0.05) is 6.07 Å². The molecule has 11 heteroatoms. The van der Waals surface area contributed by atoms with Crippen LogP contribution in [0.3, 0.4) is 0 Å². The van der Waals surface area contributed by atoms with E-state index in [4.69, 9.17) is 14.2 Å². The Balaban J connectivity index is 1.82. The number of fused-ring (bicyclic) bond motifs is 3. The van der Waals surface area contributed by atoms with E-state index in [0.29, 0.717) is 46.3 Å². The van der Waals surface area contributed by atoms with E-state index in [1.807, 2.05) is 13.0 Å². The number of thiazole rings is 1. The van der Waals surface area contributed by atoms with Crippen molar-refractivity contribution >= 4 is 34.0 Å². The van der Waals surface area contributed by atoms with E-state index < -0.39 is 12.1 Å². The molecule has 0 bridgehead atoms. The predicted molar refractivity (Wildman–Crippen MR) is 151 cm³/mol. The SMILES string of the molecule is COc1cc2c(c(OC)c1OC)-c1ccc(NC(C)C(=O)Nc3ncc(C)s3)c(=O)cc1C(NC(C)=O)CC2. The zero-order valence-corrected chi connectivity index (χ0v) is 23.6. The van der Waals surface area contributed by atoms with Gasteiger partial charge in [0.2, 0.25) is 23.0 Å². The third-order valence-corrected chi connectivity index (χ3v) is 7.36. The number of carbonyl (C=O) groups is 2. The average Bonchev–Trinajstić information content (AvgIpc) is 3.17. The van der Waals surface area contributed by atoms with Gasteiger partial charge < -0.3 is 30.2 Å². The lowest BCUT2D eigenvalue weighted by Crippen LogP contribution is -2.33. The predicted octanol–water partition coefficient (Wildman–Crippen LogP) is 4.07. The summed E-state index contributed by atoms with van der Waals surface area (Å²) < 4.78 is 17.0. The molecule has 1 aliphatic rings. The standard InChI is InChI=1S/C28H32N4O6S/c1-14-13-29-28(39-14)32-27(35)15(2)30-21-10-8-18-19(12-22(21)34)20(31-16(3)33)9-7-17-11-23(36-4)25(37-5)26(38-6)24(17)18/h8,10-13,15,20H,7,9H2,1-6H3,(H,30,34)(H,31,33)(H,29,32,35). The van der Waals surface area contributed by atoms with Crippen molar-refractivity contribution in [1.29, 1.82) is 0 Å². The highest BCUT2D eigenvalue weighted by Crippen LogP contribution is 2.50. The van der Waals surface area contributed by atoms with Gasteiger partial charge in [-0.3, -0.25) is 14.4 Å². The van der Waals surface area contributed by atoms with Crippen molar-refractivity contribution in [2.45, 2.75) is 45.7 Å². The highest BCUT2D eigenvalue weighted by Gasteiger charge is 2.29. The molecule has 0 spiro atoms. The van der Waals surface area contributed by atoms with Gasteiger partial charge in [0.25, 0.3) is 0 Å². The maximum atomic E-state index is 13.5. The number of aryl methyl sites for hydroxylation is 2. The van der Waals surface area contributed by atoms with Gasteiger partial charge in [0.1, 0.15) is 6.04 Å². The highest BCUT2D eigenvalue weighted by atomic mass is 32.1. The molecule has 3 N–H and O–H groups in total. The quantitative estimate of drug-likeness (QED) is 0.382. The van der Waals surface area contributed by atoms with Crippen LogP contribution in [0.25, 0.3) is 11.1 Å². The fourth-order valence-corrected chi connectivity index (χ4v) is 5.42. The molecule has 0 radical (unpaired) electrons. The number of nitrogens with one attached hydrogen (secondary N) is 3. The maximum absolute atomic E-state index is 13.5. The topological polar surface area (TPSA) is 128 Å². The Hall–Kier alpha value is -4.12. The van der Waals surface area contributed by atoms with Crippen LogP contribution in [0, 0.1) is 6.92 Å². The first-order chi connectivity index (χ1) is 18.7. The highest BCUT2D eigenvalue weighted by molar-refractivity contribution is 7.15. The summed E-state index contributed by atoms with van der Waals surface area (Å²) >= 11 is 1.37. The van der Waals surface area contributed by atoms with Gasteiger partial charge in [0, 0.05) is 23.6 Å². The molecule has 0 fully saturated rings. The second kappa shape index (κ2) is 11.7. The summed E-state index contributed by atoms with van der Waals surface area (Å²) in [4.78, 5) is 43.5. The minimum Gasteiger partial charge on any atom is -0.493 e. The van der Waals surface area contributed by atoms with Crippen molar-refractivity contribution in [2.75, 3.05) is 32.0 Å². The summed E-state index contributed by atoms with van der Waals surface area (Å²) in [7, 11) is 4.64. The first-order valence-corrected chi connectivity index (χ1v) is 13.3. The Morgan fingerprint density at radius 2 is 1.85 bits per heavy atom. The molecule has 39 heavy (non-hydrogen) atoms. The number of benzene rings is 1. The second-order valence-electron chi connectivity index (χ2n) is 9.23. The van der Waals surface area contributed by atoms with Crippen LogP contribution in [0.1, 0.15) is 42.3 Å². The Morgan fingerprint density at radius 1 is 1.10 bits per heavy atom. The zero-order chi connectivity index (χ0) is 28.3. The van der Waals surface area contributed by atoms with Gasteiger partial charge in [-0.25, -0.2) is 4.98 Å². The van der Waals surface area contributed by atoms with Gasteiger partial charge in [0.15, 0.2) is 16.6 Å². The summed E-state index contributed by atoms with van der Waals surface area (Å²) in [6.07, 6.45) is 2.83. The largest absolute Gasteiger partial charge is 0.493 e. The fourth-order valence-electron chi connectivity index (χ4n) is 4.75. The summed E-state index contributed by atoms with van der Waals surface area (Å²) in [6.45, 7) is 5.02. The van der Waals surface area contributed by atoms with Gasteiger partial charge in [0.05, 0.1) is 33.1 Å². The Labute approximate surface area is 230 Å². The second-order valence-corrected chi connectivity index (χ2v) is 10.5. The van der Waals surface area contributed by atoms with E-state index in [9.17, 15) is 14.4 Å². The number of ether oxygens (including phenoxy) is 3. The lowest BCUT2D eigenvalue weighted by Gasteiger charge is -2.19. The van der Waals surface area contributed by atoms with Crippen LogP contribution < -0.4 is 35.6 Å². The number of methoxy groups -OCH3 is 3. The molecule has 10 nitrogen and oxygen atoms in total. The molecule has 0 aliphatic heterocycles. The molecule has 206 valence electrons. The zero-order valence-electron chi connectivity index (χ0n) is 22.8. The summed E-state index contributed by atoms with van der Waals surface area (Å²) in [5, 5.41) is 9.28. The van der Waals surface area contributed by atoms with Crippen molar-refractivity contribution in [1.82, 2.24) is 10.3 Å². The first-order valence-electron chi connectivity index (χ1n) is 12.4. The number of anilines is 2. The third-order valence-electron chi connectivity index (χ3n) is 6.53. The van der Waals surface area contributed by atoms with Crippen LogP contribution in [0.5, 0.6) is 17.2 Å². The Morgan fingerprint density at radius 3 is 2.46 bits per heavy atom. The van der Waals surface area contributed by atoms with Crippen molar-refractivity contribution < 1.29 is 23.8 Å². The lowest BCUT2D eigenvalue weighted by atomic mass is 9.95. The molecule has 0 saturated heterocycles. The number of aromatic nitrogens is 1. The molecule has 1 aromatic heterocycles. The molecule has 2 amide bonds. The molecule has 4 rings (SSSR count). The van der Waals surface area contributed by atoms with Crippen molar-refractivity contribution in [3.8, 4) is 28.4 Å². The van der Waals surface area contributed by atoms with Gasteiger partial charge in [-0.05, 0) is 61.6 Å². The number of nitrogens with zero attached hydrogens (tertiary/aromatic N) is 1. The summed E-state index contributed by atoms with van der Waals surface area (Å²) in [5.74, 6) is 0.889. The van der Waals surface area contributed by atoms with Crippen LogP contribution in [-0.4, -0.2) is 44.2 Å². The van der Waals surface area contributed by atoms with Crippen LogP contribution >= 0.6 is 11.3 Å². The van der Waals surface area contributed by atoms with Crippen molar-refractivity contribution in [3.63, 3.8) is 0 Å². The number of amides is 2. The van der Waals surface area contributed by atoms with Gasteiger partial charge in [-0.15, -0.1) is 11.3 Å². The molecule has 2 atom stereocenters. The van der Waals surface area contributed by atoms with E-state index in [-0.39, 0.29) is 22.9 Å². The van der Waals surface area contributed by atoms with Crippen LogP contribution in [-0.2, 0) is 16.0 Å². The summed E-state index contributed by atoms with van der Waals surface area (Å²) in [5.41, 5.74) is 2.95. The number of rotatable bonds is 8. The third kappa shape index (κ3) is 5.83. The minimum absolute atomic E-state index is 0.209. The molecule has 1 heterocycles. The number of carbonyl (C=O) groups excluding carboxylic acids is 2.